The Morgan fingerprint density at radius 1 is 1.23 bits per heavy atom. The Kier molecular flexibility index (Phi) is 5.86. The van der Waals surface area contributed by atoms with Gasteiger partial charge in [-0.25, -0.2) is 0 Å². The second-order valence-corrected chi connectivity index (χ2v) is 6.53. The minimum absolute atomic E-state index is 0.267. The zero-order valence-electron chi connectivity index (χ0n) is 9.42. The summed E-state index contributed by atoms with van der Waals surface area (Å²) in [6.07, 6.45) is 0.721. The molecular weight excluding hydrogens is 183 g/mol. The Morgan fingerprint density at radius 3 is 2.08 bits per heavy atom. The van der Waals surface area contributed by atoms with Crippen LogP contribution in [0.2, 0.25) is 0 Å². The lowest BCUT2D eigenvalue weighted by Gasteiger charge is -2.23. The molecule has 0 aromatic carbocycles. The molecule has 80 valence electrons. The molecule has 0 aromatic rings. The van der Waals surface area contributed by atoms with Crippen LogP contribution < -0.4 is 10.2 Å². The third-order valence-corrected chi connectivity index (χ3v) is 4.51. The average molecular weight is 206 g/mol. The maximum absolute atomic E-state index is 12.2. The average Bonchev–Trinajstić information content (AvgIpc) is 1.81. The van der Waals surface area contributed by atoms with Crippen molar-refractivity contribution < 1.29 is 4.57 Å². The fourth-order valence-corrected chi connectivity index (χ4v) is 4.05. The molecule has 3 nitrogen and oxygen atoms in total. The number of hydrogen-bond donors (Lipinski definition) is 2. The minimum atomic E-state index is -2.33. The fourth-order valence-electron chi connectivity index (χ4n) is 1.35. The molecule has 0 aliphatic carbocycles. The zero-order valence-corrected chi connectivity index (χ0v) is 10.3. The van der Waals surface area contributed by atoms with Gasteiger partial charge < -0.3 is 0 Å². The van der Waals surface area contributed by atoms with Gasteiger partial charge >= 0.3 is 0 Å². The first kappa shape index (κ1) is 13.2. The molecule has 0 heterocycles. The van der Waals surface area contributed by atoms with Gasteiger partial charge in [-0.15, -0.1) is 0 Å². The molecule has 0 rings (SSSR count). The lowest BCUT2D eigenvalue weighted by Crippen LogP contribution is -2.30. The van der Waals surface area contributed by atoms with E-state index < -0.39 is 7.44 Å². The summed E-state index contributed by atoms with van der Waals surface area (Å²) in [6.45, 7) is 10.9. The van der Waals surface area contributed by atoms with Crippen molar-refractivity contribution in [2.45, 2.75) is 40.7 Å². The summed E-state index contributed by atoms with van der Waals surface area (Å²) in [6, 6.07) is 0.267. The summed E-state index contributed by atoms with van der Waals surface area (Å²) in [5.74, 6) is 0.455. The van der Waals surface area contributed by atoms with E-state index >= 15 is 0 Å². The Balaban J connectivity index is 4.25. The van der Waals surface area contributed by atoms with E-state index in [1.807, 2.05) is 20.8 Å². The molecule has 0 saturated heterocycles. The van der Waals surface area contributed by atoms with Crippen molar-refractivity contribution in [3.05, 3.63) is 0 Å². The normalized spacial score (nSPS) is 16.5. The van der Waals surface area contributed by atoms with E-state index in [-0.39, 0.29) is 6.04 Å². The summed E-state index contributed by atoms with van der Waals surface area (Å²) in [5.41, 5.74) is 0. The third kappa shape index (κ3) is 6.25. The lowest BCUT2D eigenvalue weighted by molar-refractivity contribution is 0.535. The molecule has 0 bridgehead atoms. The second kappa shape index (κ2) is 5.79. The SMILES string of the molecule is CCNP(=O)(CC(C)C)NC(C)C. The predicted molar refractivity (Wildman–Crippen MR) is 59.3 cm³/mol. The van der Waals surface area contributed by atoms with Gasteiger partial charge in [-0.1, -0.05) is 20.8 Å². The molecule has 0 amide bonds. The highest BCUT2D eigenvalue weighted by molar-refractivity contribution is 7.59. The van der Waals surface area contributed by atoms with Crippen LogP contribution in [-0.2, 0) is 4.57 Å². The van der Waals surface area contributed by atoms with E-state index in [2.05, 4.69) is 24.0 Å². The molecular formula is C9H23N2OP. The number of nitrogens with one attached hydrogen (secondary N) is 2. The van der Waals surface area contributed by atoms with Crippen molar-refractivity contribution >= 4 is 7.44 Å². The Bertz CT molecular complexity index is 166. The summed E-state index contributed by atoms with van der Waals surface area (Å²) >= 11 is 0. The van der Waals surface area contributed by atoms with Gasteiger partial charge in [0, 0.05) is 12.2 Å². The molecule has 1 atom stereocenters. The van der Waals surface area contributed by atoms with Crippen molar-refractivity contribution in [2.24, 2.45) is 5.92 Å². The first-order valence-electron chi connectivity index (χ1n) is 5.01. The maximum Gasteiger partial charge on any atom is 0.211 e. The van der Waals surface area contributed by atoms with E-state index in [0.717, 1.165) is 12.7 Å². The molecule has 0 radical (unpaired) electrons. The highest BCUT2D eigenvalue weighted by atomic mass is 31.2. The molecule has 13 heavy (non-hydrogen) atoms. The van der Waals surface area contributed by atoms with Gasteiger partial charge in [-0.2, -0.15) is 0 Å². The van der Waals surface area contributed by atoms with E-state index in [9.17, 15) is 4.57 Å². The van der Waals surface area contributed by atoms with Crippen LogP contribution in [0.25, 0.3) is 0 Å². The molecule has 2 N–H and O–H groups in total. The van der Waals surface area contributed by atoms with Crippen LogP contribution in [0.1, 0.15) is 34.6 Å². The van der Waals surface area contributed by atoms with Crippen LogP contribution in [0.5, 0.6) is 0 Å². The molecule has 1 unspecified atom stereocenters. The van der Waals surface area contributed by atoms with Crippen LogP contribution in [0.15, 0.2) is 0 Å². The van der Waals surface area contributed by atoms with E-state index in [1.165, 1.54) is 0 Å². The largest absolute Gasteiger partial charge is 0.289 e. The Hall–Kier alpha value is 0.150. The lowest BCUT2D eigenvalue weighted by atomic mass is 10.3. The van der Waals surface area contributed by atoms with Gasteiger partial charge in [-0.05, 0) is 26.3 Å². The minimum Gasteiger partial charge on any atom is -0.289 e. The monoisotopic (exact) mass is 206 g/mol. The standard InChI is InChI=1S/C9H23N2OP/c1-6-10-13(12,7-8(2)3)11-9(4)5/h8-9H,6-7H2,1-5H3,(H2,10,11,12). The third-order valence-electron chi connectivity index (χ3n) is 1.50. The van der Waals surface area contributed by atoms with Crippen molar-refractivity contribution in [3.63, 3.8) is 0 Å². The Labute approximate surface area is 82.2 Å². The molecule has 0 fully saturated rings. The number of hydrogen-bond acceptors (Lipinski definition) is 1. The summed E-state index contributed by atoms with van der Waals surface area (Å²) in [4.78, 5) is 0. The van der Waals surface area contributed by atoms with E-state index in [0.29, 0.717) is 5.92 Å². The highest BCUT2D eigenvalue weighted by Gasteiger charge is 2.22. The quantitative estimate of drug-likeness (QED) is 0.656. The van der Waals surface area contributed by atoms with Crippen LogP contribution in [-0.4, -0.2) is 18.7 Å². The first-order valence-corrected chi connectivity index (χ1v) is 6.91. The summed E-state index contributed by atoms with van der Waals surface area (Å²) in [5, 5.41) is 6.20. The van der Waals surface area contributed by atoms with Gasteiger partial charge in [-0.3, -0.25) is 14.7 Å². The first-order chi connectivity index (χ1) is 5.89. The second-order valence-electron chi connectivity index (χ2n) is 4.11. The molecule has 4 heteroatoms. The van der Waals surface area contributed by atoms with E-state index in [4.69, 9.17) is 0 Å². The molecule has 0 aromatic heterocycles. The predicted octanol–water partition coefficient (Wildman–Crippen LogP) is 2.44. The van der Waals surface area contributed by atoms with Crippen molar-refractivity contribution in [1.82, 2.24) is 10.2 Å². The van der Waals surface area contributed by atoms with Crippen LogP contribution in [0.4, 0.5) is 0 Å². The molecule has 0 aliphatic heterocycles. The van der Waals surface area contributed by atoms with Crippen LogP contribution in [0, 0.1) is 5.92 Å². The van der Waals surface area contributed by atoms with Crippen molar-refractivity contribution in [1.29, 1.82) is 0 Å². The summed E-state index contributed by atoms with van der Waals surface area (Å²) in [7, 11) is -2.33. The van der Waals surface area contributed by atoms with Gasteiger partial charge in [0.05, 0.1) is 0 Å². The van der Waals surface area contributed by atoms with Gasteiger partial charge in [0.15, 0.2) is 0 Å². The van der Waals surface area contributed by atoms with Crippen LogP contribution in [0.3, 0.4) is 0 Å². The van der Waals surface area contributed by atoms with Gasteiger partial charge in [0.2, 0.25) is 7.44 Å². The van der Waals surface area contributed by atoms with Gasteiger partial charge in [0.1, 0.15) is 0 Å². The van der Waals surface area contributed by atoms with Crippen molar-refractivity contribution in [3.8, 4) is 0 Å². The van der Waals surface area contributed by atoms with Gasteiger partial charge in [0.25, 0.3) is 0 Å². The topological polar surface area (TPSA) is 41.1 Å². The highest BCUT2D eigenvalue weighted by Crippen LogP contribution is 2.38. The van der Waals surface area contributed by atoms with Crippen molar-refractivity contribution in [2.75, 3.05) is 12.7 Å². The summed E-state index contributed by atoms with van der Waals surface area (Å²) < 4.78 is 12.2. The smallest absolute Gasteiger partial charge is 0.211 e. The maximum atomic E-state index is 12.2. The fraction of sp³-hybridized carbons (Fsp3) is 1.00. The van der Waals surface area contributed by atoms with E-state index in [1.54, 1.807) is 0 Å². The Morgan fingerprint density at radius 2 is 1.77 bits per heavy atom. The molecule has 0 spiro atoms. The molecule has 0 aliphatic rings. The van der Waals surface area contributed by atoms with Crippen LogP contribution >= 0.6 is 7.44 Å². The molecule has 0 saturated carbocycles. The number of rotatable bonds is 6. The zero-order chi connectivity index (χ0) is 10.5.